The van der Waals surface area contributed by atoms with Gasteiger partial charge in [0.15, 0.2) is 0 Å². The molecule has 2 unspecified atom stereocenters. The quantitative estimate of drug-likeness (QED) is 0.563. The van der Waals surface area contributed by atoms with Crippen molar-refractivity contribution in [3.05, 3.63) is 23.8 Å². The Bertz CT molecular complexity index is 407. The lowest BCUT2D eigenvalue weighted by Gasteiger charge is -2.18. The highest BCUT2D eigenvalue weighted by atomic mass is 16.5. The molecule has 2 atom stereocenters. The van der Waals surface area contributed by atoms with Gasteiger partial charge in [-0.1, -0.05) is 0 Å². The molecule has 0 spiro atoms. The number of benzene rings is 1. The first-order valence-corrected chi connectivity index (χ1v) is 4.97. The number of aliphatic hydroxyl groups excluding tert-OH is 2. The van der Waals surface area contributed by atoms with E-state index in [9.17, 15) is 20.1 Å². The SMILES string of the molecule is COc1ccc(O)c(C(O)C(O)CC(N)=O)c1. The predicted molar refractivity (Wildman–Crippen MR) is 59.4 cm³/mol. The minimum Gasteiger partial charge on any atom is -0.508 e. The standard InChI is InChI=1S/C11H15NO5/c1-17-6-2-3-8(13)7(4-6)11(16)9(14)5-10(12)15/h2-4,9,11,13-14,16H,5H2,1H3,(H2,12,15). The maximum atomic E-state index is 10.6. The molecule has 0 aliphatic heterocycles. The zero-order valence-corrected chi connectivity index (χ0v) is 9.33. The molecule has 94 valence electrons. The van der Waals surface area contributed by atoms with Gasteiger partial charge in [0.05, 0.1) is 19.6 Å². The molecule has 1 rings (SSSR count). The fourth-order valence-corrected chi connectivity index (χ4v) is 1.42. The number of primary amides is 1. The van der Waals surface area contributed by atoms with Crippen LogP contribution in [0.3, 0.4) is 0 Å². The molecule has 5 N–H and O–H groups in total. The Labute approximate surface area is 98.3 Å². The van der Waals surface area contributed by atoms with E-state index in [1.807, 2.05) is 0 Å². The molecule has 6 heteroatoms. The summed E-state index contributed by atoms with van der Waals surface area (Å²) in [5.74, 6) is -0.510. The smallest absolute Gasteiger partial charge is 0.220 e. The highest BCUT2D eigenvalue weighted by Crippen LogP contribution is 2.30. The molecule has 0 saturated carbocycles. The minimum absolute atomic E-state index is 0.0816. The number of aromatic hydroxyl groups is 1. The summed E-state index contributed by atoms with van der Waals surface area (Å²) in [7, 11) is 1.43. The van der Waals surface area contributed by atoms with E-state index in [2.05, 4.69) is 0 Å². The summed E-state index contributed by atoms with van der Waals surface area (Å²) in [6, 6.07) is 4.21. The summed E-state index contributed by atoms with van der Waals surface area (Å²) in [5, 5.41) is 28.8. The zero-order valence-electron chi connectivity index (χ0n) is 9.33. The number of carbonyl (C=O) groups excluding carboxylic acids is 1. The second-order valence-electron chi connectivity index (χ2n) is 3.61. The van der Waals surface area contributed by atoms with E-state index in [0.29, 0.717) is 5.75 Å². The molecule has 1 amide bonds. The summed E-state index contributed by atoms with van der Waals surface area (Å²) < 4.78 is 4.93. The van der Waals surface area contributed by atoms with Gasteiger partial charge in [-0.25, -0.2) is 0 Å². The number of ether oxygens (including phenoxy) is 1. The van der Waals surface area contributed by atoms with Crippen LogP contribution in [0.2, 0.25) is 0 Å². The second-order valence-corrected chi connectivity index (χ2v) is 3.61. The number of carbonyl (C=O) groups is 1. The predicted octanol–water partition coefficient (Wildman–Crippen LogP) is -0.330. The Balaban J connectivity index is 2.94. The van der Waals surface area contributed by atoms with Crippen molar-refractivity contribution >= 4 is 5.91 Å². The number of phenols is 1. The molecule has 0 fully saturated rings. The van der Waals surface area contributed by atoms with E-state index >= 15 is 0 Å². The molecular formula is C11H15NO5. The summed E-state index contributed by atoms with van der Waals surface area (Å²) in [6.07, 6.45) is -3.17. The maximum absolute atomic E-state index is 10.6. The number of hydrogen-bond acceptors (Lipinski definition) is 5. The molecule has 0 heterocycles. The molecule has 6 nitrogen and oxygen atoms in total. The van der Waals surface area contributed by atoms with E-state index in [1.165, 1.54) is 25.3 Å². The molecule has 1 aromatic rings. The number of phenolic OH excluding ortho intramolecular Hbond substituents is 1. The van der Waals surface area contributed by atoms with Crippen LogP contribution >= 0.6 is 0 Å². The molecule has 0 bridgehead atoms. The van der Waals surface area contributed by atoms with Crippen LogP contribution in [0, 0.1) is 0 Å². The van der Waals surface area contributed by atoms with E-state index in [0.717, 1.165) is 0 Å². The van der Waals surface area contributed by atoms with E-state index in [4.69, 9.17) is 10.5 Å². The number of methoxy groups -OCH3 is 1. The van der Waals surface area contributed by atoms with Crippen LogP contribution in [0.1, 0.15) is 18.1 Å². The van der Waals surface area contributed by atoms with Gasteiger partial charge in [0, 0.05) is 5.56 Å². The van der Waals surface area contributed by atoms with Gasteiger partial charge in [0.25, 0.3) is 0 Å². The van der Waals surface area contributed by atoms with Gasteiger partial charge in [-0.3, -0.25) is 4.79 Å². The lowest BCUT2D eigenvalue weighted by molar-refractivity contribution is -0.121. The van der Waals surface area contributed by atoms with Gasteiger partial charge in [-0.15, -0.1) is 0 Å². The van der Waals surface area contributed by atoms with Crippen molar-refractivity contribution in [3.8, 4) is 11.5 Å². The van der Waals surface area contributed by atoms with Gasteiger partial charge in [0.2, 0.25) is 5.91 Å². The number of rotatable bonds is 5. The van der Waals surface area contributed by atoms with E-state index in [1.54, 1.807) is 0 Å². The van der Waals surface area contributed by atoms with Crippen molar-refractivity contribution in [1.82, 2.24) is 0 Å². The zero-order chi connectivity index (χ0) is 13.0. The highest BCUT2D eigenvalue weighted by Gasteiger charge is 2.23. The molecule has 0 aromatic heterocycles. The van der Waals surface area contributed by atoms with Gasteiger partial charge < -0.3 is 25.8 Å². The Hall–Kier alpha value is -1.79. The van der Waals surface area contributed by atoms with Gasteiger partial charge in [0.1, 0.15) is 17.6 Å². The first-order valence-electron chi connectivity index (χ1n) is 4.97. The molecule has 17 heavy (non-hydrogen) atoms. The largest absolute Gasteiger partial charge is 0.508 e. The first kappa shape index (κ1) is 13.3. The normalized spacial score (nSPS) is 14.1. The van der Waals surface area contributed by atoms with E-state index in [-0.39, 0.29) is 11.3 Å². The number of nitrogens with two attached hydrogens (primary N) is 1. The van der Waals surface area contributed by atoms with E-state index < -0.39 is 24.5 Å². The Morgan fingerprint density at radius 2 is 2.12 bits per heavy atom. The molecule has 0 aliphatic rings. The van der Waals surface area contributed by atoms with Crippen LogP contribution in [0.4, 0.5) is 0 Å². The summed E-state index contributed by atoms with van der Waals surface area (Å²) in [4.78, 5) is 10.6. The second kappa shape index (κ2) is 5.51. The third-order valence-corrected chi connectivity index (χ3v) is 2.33. The van der Waals surface area contributed by atoms with Crippen LogP contribution < -0.4 is 10.5 Å². The van der Waals surface area contributed by atoms with Gasteiger partial charge in [-0.05, 0) is 18.2 Å². The lowest BCUT2D eigenvalue weighted by atomic mass is 10.0. The van der Waals surface area contributed by atoms with Crippen molar-refractivity contribution in [2.45, 2.75) is 18.6 Å². The van der Waals surface area contributed by atoms with Crippen LogP contribution in [0.5, 0.6) is 11.5 Å². The van der Waals surface area contributed by atoms with Crippen LogP contribution in [0.25, 0.3) is 0 Å². The number of amides is 1. The van der Waals surface area contributed by atoms with Crippen molar-refractivity contribution in [2.75, 3.05) is 7.11 Å². The monoisotopic (exact) mass is 241 g/mol. The minimum atomic E-state index is -1.40. The molecule has 0 saturated heterocycles. The Morgan fingerprint density at radius 3 is 2.65 bits per heavy atom. The molecular weight excluding hydrogens is 226 g/mol. The topological polar surface area (TPSA) is 113 Å². The van der Waals surface area contributed by atoms with Crippen LogP contribution in [-0.4, -0.2) is 34.4 Å². The third kappa shape index (κ3) is 3.33. The lowest BCUT2D eigenvalue weighted by Crippen LogP contribution is -2.25. The van der Waals surface area contributed by atoms with Gasteiger partial charge in [-0.2, -0.15) is 0 Å². The van der Waals surface area contributed by atoms with Crippen molar-refractivity contribution in [1.29, 1.82) is 0 Å². The third-order valence-electron chi connectivity index (χ3n) is 2.33. The Kier molecular flexibility index (Phi) is 4.30. The first-order chi connectivity index (χ1) is 7.95. The maximum Gasteiger partial charge on any atom is 0.220 e. The molecule has 0 aliphatic carbocycles. The summed E-state index contributed by atoms with van der Waals surface area (Å²) >= 11 is 0. The van der Waals surface area contributed by atoms with Crippen molar-refractivity contribution in [3.63, 3.8) is 0 Å². The average molecular weight is 241 g/mol. The fraction of sp³-hybridized carbons (Fsp3) is 0.364. The summed E-state index contributed by atoms with van der Waals surface area (Å²) in [6.45, 7) is 0. The fourth-order valence-electron chi connectivity index (χ4n) is 1.42. The van der Waals surface area contributed by atoms with Crippen LogP contribution in [0.15, 0.2) is 18.2 Å². The van der Waals surface area contributed by atoms with Crippen LogP contribution in [-0.2, 0) is 4.79 Å². The van der Waals surface area contributed by atoms with Crippen molar-refractivity contribution < 1.29 is 24.9 Å². The van der Waals surface area contributed by atoms with Crippen molar-refractivity contribution in [2.24, 2.45) is 5.73 Å². The molecule has 0 radical (unpaired) electrons. The number of aliphatic hydroxyl groups is 2. The summed E-state index contributed by atoms with van der Waals surface area (Å²) in [5.41, 5.74) is 4.99. The Morgan fingerprint density at radius 1 is 1.47 bits per heavy atom. The number of hydrogen-bond donors (Lipinski definition) is 4. The molecule has 1 aromatic carbocycles. The average Bonchev–Trinajstić information content (AvgIpc) is 2.28. The highest BCUT2D eigenvalue weighted by molar-refractivity contribution is 5.74. The van der Waals surface area contributed by atoms with Gasteiger partial charge >= 0.3 is 0 Å².